The van der Waals surface area contributed by atoms with Gasteiger partial charge in [0.25, 0.3) is 0 Å². The first-order chi connectivity index (χ1) is 8.27. The van der Waals surface area contributed by atoms with Crippen molar-refractivity contribution in [1.82, 2.24) is 0 Å². The van der Waals surface area contributed by atoms with E-state index in [4.69, 9.17) is 5.11 Å². The number of benzene rings is 1. The van der Waals surface area contributed by atoms with Crippen molar-refractivity contribution < 1.29 is 31.9 Å². The van der Waals surface area contributed by atoms with Crippen molar-refractivity contribution in [3.63, 3.8) is 0 Å². The third-order valence-corrected chi connectivity index (χ3v) is 3.28. The summed E-state index contributed by atoms with van der Waals surface area (Å²) in [5, 5.41) is 7.51. The molecule has 0 aliphatic carbocycles. The highest BCUT2D eigenvalue weighted by atomic mass is 32.2. The summed E-state index contributed by atoms with van der Waals surface area (Å²) >= 11 is 0.554. The molecule has 0 heterocycles. The third kappa shape index (κ3) is 2.74. The largest absolute Gasteiger partial charge is 0.480 e. The van der Waals surface area contributed by atoms with Gasteiger partial charge in [-0.15, -0.1) is 11.8 Å². The summed E-state index contributed by atoms with van der Waals surface area (Å²) in [4.78, 5) is 10.5. The van der Waals surface area contributed by atoms with Crippen LogP contribution >= 0.6 is 11.8 Å². The number of carbonyl (C=O) groups is 1. The third-order valence-electron chi connectivity index (χ3n) is 2.13. The number of carboxylic acid groups (broad SMARTS) is 1. The number of hydrogen-bond acceptors (Lipinski definition) is 2. The summed E-state index contributed by atoms with van der Waals surface area (Å²) in [6.07, 6.45) is 0. The molecule has 0 aromatic heterocycles. The number of carboxylic acids is 1. The molecule has 0 saturated heterocycles. The average molecular weight is 286 g/mol. The van der Waals surface area contributed by atoms with E-state index in [9.17, 15) is 26.7 Å². The van der Waals surface area contributed by atoms with Crippen LogP contribution in [0.3, 0.4) is 0 Å². The fourth-order valence-electron chi connectivity index (χ4n) is 1.06. The number of halogens is 5. The molecule has 0 fully saturated rings. The maximum atomic E-state index is 13.2. The lowest BCUT2D eigenvalue weighted by atomic mass is 10.2. The maximum absolute atomic E-state index is 13.2. The lowest BCUT2D eigenvalue weighted by Crippen LogP contribution is -2.13. The van der Waals surface area contributed by atoms with Crippen molar-refractivity contribution in [3.05, 3.63) is 34.6 Å². The SMILES string of the molecule is C[C@@H](SCc1c(F)c(F)c(F)c(F)c1F)C(=O)O. The second-order valence-electron chi connectivity index (χ2n) is 3.34. The predicted octanol–water partition coefficient (Wildman–Crippen LogP) is 3.09. The zero-order chi connectivity index (χ0) is 14.0. The van der Waals surface area contributed by atoms with Crippen molar-refractivity contribution >= 4 is 17.7 Å². The van der Waals surface area contributed by atoms with Gasteiger partial charge >= 0.3 is 5.97 Å². The van der Waals surface area contributed by atoms with E-state index in [1.807, 2.05) is 0 Å². The van der Waals surface area contributed by atoms with Gasteiger partial charge in [0, 0.05) is 11.3 Å². The average Bonchev–Trinajstić information content (AvgIpc) is 2.33. The molecule has 0 unspecified atom stereocenters. The Morgan fingerprint density at radius 3 is 1.83 bits per heavy atom. The highest BCUT2D eigenvalue weighted by Gasteiger charge is 2.26. The number of thioether (sulfide) groups is 1. The van der Waals surface area contributed by atoms with E-state index >= 15 is 0 Å². The first-order valence-corrected chi connectivity index (χ1v) is 5.67. The Hall–Kier alpha value is -1.31. The molecule has 0 aliphatic rings. The van der Waals surface area contributed by atoms with Crippen LogP contribution in [0.15, 0.2) is 0 Å². The zero-order valence-electron chi connectivity index (χ0n) is 8.94. The minimum atomic E-state index is -2.23. The molecule has 1 aromatic carbocycles. The first-order valence-electron chi connectivity index (χ1n) is 4.62. The van der Waals surface area contributed by atoms with Crippen LogP contribution < -0.4 is 0 Å². The molecule has 0 aliphatic heterocycles. The van der Waals surface area contributed by atoms with Gasteiger partial charge in [-0.3, -0.25) is 4.79 Å². The molecule has 1 N–H and O–H groups in total. The Bertz CT molecular complexity index is 463. The summed E-state index contributed by atoms with van der Waals surface area (Å²) in [6.45, 7) is 1.24. The molecule has 0 saturated carbocycles. The Labute approximate surface area is 103 Å². The van der Waals surface area contributed by atoms with Crippen molar-refractivity contribution in [2.24, 2.45) is 0 Å². The van der Waals surface area contributed by atoms with Gasteiger partial charge in [0.2, 0.25) is 5.82 Å². The molecular weight excluding hydrogens is 279 g/mol. The maximum Gasteiger partial charge on any atom is 0.316 e. The molecule has 18 heavy (non-hydrogen) atoms. The highest BCUT2D eigenvalue weighted by Crippen LogP contribution is 2.27. The van der Waals surface area contributed by atoms with Crippen molar-refractivity contribution in [1.29, 1.82) is 0 Å². The lowest BCUT2D eigenvalue weighted by molar-refractivity contribution is -0.136. The van der Waals surface area contributed by atoms with E-state index in [0.717, 1.165) is 0 Å². The van der Waals surface area contributed by atoms with Gasteiger partial charge in [-0.25, -0.2) is 22.0 Å². The Morgan fingerprint density at radius 1 is 1.06 bits per heavy atom. The number of aliphatic carboxylic acids is 1. The van der Waals surface area contributed by atoms with Gasteiger partial charge in [0.1, 0.15) is 0 Å². The Morgan fingerprint density at radius 2 is 1.44 bits per heavy atom. The van der Waals surface area contributed by atoms with Crippen LogP contribution in [-0.4, -0.2) is 16.3 Å². The first kappa shape index (κ1) is 14.7. The van der Waals surface area contributed by atoms with Crippen LogP contribution in [0.2, 0.25) is 0 Å². The molecule has 8 heteroatoms. The summed E-state index contributed by atoms with van der Waals surface area (Å²) in [6, 6.07) is 0. The van der Waals surface area contributed by atoms with E-state index in [0.29, 0.717) is 11.8 Å². The zero-order valence-corrected chi connectivity index (χ0v) is 9.75. The predicted molar refractivity (Wildman–Crippen MR) is 54.6 cm³/mol. The van der Waals surface area contributed by atoms with Gasteiger partial charge in [-0.05, 0) is 6.92 Å². The van der Waals surface area contributed by atoms with Crippen LogP contribution in [0, 0.1) is 29.1 Å². The fourth-order valence-corrected chi connectivity index (χ4v) is 1.87. The number of rotatable bonds is 4. The highest BCUT2D eigenvalue weighted by molar-refractivity contribution is 7.99. The number of hydrogen-bond donors (Lipinski definition) is 1. The molecule has 0 spiro atoms. The summed E-state index contributed by atoms with van der Waals surface area (Å²) in [5.74, 6) is -12.0. The summed E-state index contributed by atoms with van der Waals surface area (Å²) < 4.78 is 64.6. The minimum Gasteiger partial charge on any atom is -0.480 e. The van der Waals surface area contributed by atoms with Gasteiger partial charge < -0.3 is 5.11 Å². The van der Waals surface area contributed by atoms with E-state index in [-0.39, 0.29) is 0 Å². The second kappa shape index (κ2) is 5.55. The van der Waals surface area contributed by atoms with Gasteiger partial charge in [0.05, 0.1) is 5.25 Å². The van der Waals surface area contributed by atoms with Crippen molar-refractivity contribution in [2.75, 3.05) is 0 Å². The molecule has 0 bridgehead atoms. The molecule has 2 nitrogen and oxygen atoms in total. The minimum absolute atomic E-state index is 0.554. The normalized spacial score (nSPS) is 12.6. The molecular formula is C10H7F5O2S. The summed E-state index contributed by atoms with van der Waals surface area (Å²) in [7, 11) is 0. The quantitative estimate of drug-likeness (QED) is 0.525. The smallest absolute Gasteiger partial charge is 0.316 e. The molecule has 1 aromatic rings. The van der Waals surface area contributed by atoms with Crippen LogP contribution in [0.25, 0.3) is 0 Å². The Balaban J connectivity index is 3.07. The molecule has 0 radical (unpaired) electrons. The Kier molecular flexibility index (Phi) is 4.55. The monoisotopic (exact) mass is 286 g/mol. The topological polar surface area (TPSA) is 37.3 Å². The van der Waals surface area contributed by atoms with Crippen LogP contribution in [0.5, 0.6) is 0 Å². The van der Waals surface area contributed by atoms with Crippen molar-refractivity contribution in [3.8, 4) is 0 Å². The van der Waals surface area contributed by atoms with Crippen molar-refractivity contribution in [2.45, 2.75) is 17.9 Å². The fraction of sp³-hybridized carbons (Fsp3) is 0.300. The van der Waals surface area contributed by atoms with Gasteiger partial charge in [-0.1, -0.05) is 0 Å². The van der Waals surface area contributed by atoms with Gasteiger partial charge in [-0.2, -0.15) is 0 Å². The molecule has 1 atom stereocenters. The van der Waals surface area contributed by atoms with E-state index in [1.54, 1.807) is 0 Å². The summed E-state index contributed by atoms with van der Waals surface area (Å²) in [5.41, 5.74) is -1.02. The molecule has 0 amide bonds. The molecule has 1 rings (SSSR count). The van der Waals surface area contributed by atoms with E-state index in [2.05, 4.69) is 0 Å². The van der Waals surface area contributed by atoms with E-state index in [1.165, 1.54) is 6.92 Å². The lowest BCUT2D eigenvalue weighted by Gasteiger charge is -2.09. The molecule has 100 valence electrons. The van der Waals surface area contributed by atoms with Gasteiger partial charge in [0.15, 0.2) is 23.3 Å². The van der Waals surface area contributed by atoms with Crippen LogP contribution in [-0.2, 0) is 10.5 Å². The second-order valence-corrected chi connectivity index (χ2v) is 4.67. The standard InChI is InChI=1S/C10H7F5O2S/c1-3(10(16)17)18-2-4-5(11)7(13)9(15)8(14)6(4)12/h3H,2H2,1H3,(H,16,17)/t3-/m1/s1. The van der Waals surface area contributed by atoms with E-state index < -0.39 is 51.6 Å². The van der Waals surface area contributed by atoms with Crippen LogP contribution in [0.1, 0.15) is 12.5 Å². The van der Waals surface area contributed by atoms with Crippen LogP contribution in [0.4, 0.5) is 22.0 Å².